The first-order chi connectivity index (χ1) is 8.28. The van der Waals surface area contributed by atoms with Gasteiger partial charge in [-0.25, -0.2) is 4.79 Å². The van der Waals surface area contributed by atoms with Gasteiger partial charge >= 0.3 is 6.09 Å². The minimum Gasteiger partial charge on any atom is -0.444 e. The zero-order valence-electron chi connectivity index (χ0n) is 12.0. The van der Waals surface area contributed by atoms with E-state index in [9.17, 15) is 4.79 Å². The maximum Gasteiger partial charge on any atom is 0.410 e. The van der Waals surface area contributed by atoms with Gasteiger partial charge in [0, 0.05) is 19.1 Å². The van der Waals surface area contributed by atoms with Crippen molar-refractivity contribution in [3.8, 4) is 0 Å². The van der Waals surface area contributed by atoms with Crippen LogP contribution in [0.5, 0.6) is 0 Å². The van der Waals surface area contributed by atoms with E-state index in [1.807, 2.05) is 33.9 Å². The van der Waals surface area contributed by atoms with Crippen LogP contribution in [0.3, 0.4) is 0 Å². The fourth-order valence-electron chi connectivity index (χ4n) is 1.91. The number of hydrogen-bond acceptors (Lipinski definition) is 3. The second-order valence-electron chi connectivity index (χ2n) is 5.60. The van der Waals surface area contributed by atoms with Gasteiger partial charge in [-0.05, 0) is 45.9 Å². The molecular formula is C14H24N2O2. The van der Waals surface area contributed by atoms with Gasteiger partial charge in [0.25, 0.3) is 0 Å². The summed E-state index contributed by atoms with van der Waals surface area (Å²) in [7, 11) is 1.91. The summed E-state index contributed by atoms with van der Waals surface area (Å²) in [5.41, 5.74) is 1.86. The molecule has 4 nitrogen and oxygen atoms in total. The molecule has 0 aliphatic carbocycles. The number of carbonyl (C=O) groups excluding carboxylic acids is 1. The van der Waals surface area contributed by atoms with Gasteiger partial charge < -0.3 is 10.1 Å². The van der Waals surface area contributed by atoms with Crippen LogP contribution in [0, 0.1) is 0 Å². The van der Waals surface area contributed by atoms with E-state index in [0.29, 0.717) is 13.1 Å². The molecule has 0 saturated carbocycles. The molecular weight excluding hydrogens is 228 g/mol. The van der Waals surface area contributed by atoms with Crippen molar-refractivity contribution in [2.45, 2.75) is 39.3 Å². The highest BCUT2D eigenvalue weighted by molar-refractivity contribution is 5.70. The Labute approximate surface area is 110 Å². The fraction of sp³-hybridized carbons (Fsp3) is 0.643. The minimum absolute atomic E-state index is 0.241. The van der Waals surface area contributed by atoms with Crippen LogP contribution in [-0.4, -0.2) is 42.8 Å². The third-order valence-corrected chi connectivity index (χ3v) is 2.99. The van der Waals surface area contributed by atoms with Crippen molar-refractivity contribution in [1.29, 1.82) is 0 Å². The number of nitrogens with zero attached hydrogens (tertiary/aromatic N) is 1. The summed E-state index contributed by atoms with van der Waals surface area (Å²) >= 11 is 0. The maximum absolute atomic E-state index is 12.0. The molecule has 1 N–H and O–H groups in total. The number of carbonyl (C=O) groups is 1. The Balaban J connectivity index is 2.72. The maximum atomic E-state index is 12.0. The normalized spacial score (nSPS) is 17.9. The summed E-state index contributed by atoms with van der Waals surface area (Å²) in [6.07, 6.45) is 1.56. The van der Waals surface area contributed by atoms with Crippen molar-refractivity contribution in [1.82, 2.24) is 10.2 Å². The average molecular weight is 252 g/mol. The van der Waals surface area contributed by atoms with Gasteiger partial charge in [-0.3, -0.25) is 4.90 Å². The van der Waals surface area contributed by atoms with E-state index >= 15 is 0 Å². The molecule has 1 unspecified atom stereocenters. The molecule has 0 fully saturated rings. The van der Waals surface area contributed by atoms with Crippen LogP contribution in [0.25, 0.3) is 0 Å². The van der Waals surface area contributed by atoms with Gasteiger partial charge in [0.15, 0.2) is 0 Å². The quantitative estimate of drug-likeness (QED) is 0.838. The van der Waals surface area contributed by atoms with Crippen LogP contribution in [0.15, 0.2) is 23.8 Å². The number of hydrogen-bond donors (Lipinski definition) is 1. The molecule has 1 rings (SSSR count). The van der Waals surface area contributed by atoms with Crippen LogP contribution in [0.2, 0.25) is 0 Å². The van der Waals surface area contributed by atoms with Crippen molar-refractivity contribution in [2.75, 3.05) is 20.1 Å². The summed E-state index contributed by atoms with van der Waals surface area (Å²) < 4.78 is 5.38. The lowest BCUT2D eigenvalue weighted by Gasteiger charge is -2.25. The predicted octanol–water partition coefficient (Wildman–Crippen LogP) is 2.33. The molecule has 1 heterocycles. The van der Waals surface area contributed by atoms with Crippen LogP contribution >= 0.6 is 0 Å². The molecule has 0 spiro atoms. The topological polar surface area (TPSA) is 41.6 Å². The van der Waals surface area contributed by atoms with Crippen molar-refractivity contribution in [2.24, 2.45) is 0 Å². The number of amides is 1. The Kier molecular flexibility index (Phi) is 4.57. The standard InChI is InChI=1S/C14H24N2O2/c1-7-11-8-16(9-12(11)10(2)15-6)13(17)18-14(3,4)5/h7,10,15H,1,8-9H2,2-6H3. The van der Waals surface area contributed by atoms with Gasteiger partial charge in [-0.2, -0.15) is 0 Å². The summed E-state index contributed by atoms with van der Waals surface area (Å²) in [5.74, 6) is 0. The molecule has 1 atom stereocenters. The van der Waals surface area contributed by atoms with E-state index in [0.717, 1.165) is 5.57 Å². The van der Waals surface area contributed by atoms with Gasteiger partial charge in [0.1, 0.15) is 5.60 Å². The highest BCUT2D eigenvalue weighted by Crippen LogP contribution is 2.23. The van der Waals surface area contributed by atoms with Crippen molar-refractivity contribution >= 4 is 6.09 Å². The van der Waals surface area contributed by atoms with E-state index in [1.165, 1.54) is 5.57 Å². The second kappa shape index (κ2) is 5.57. The van der Waals surface area contributed by atoms with Crippen LogP contribution in [0.1, 0.15) is 27.7 Å². The Bertz CT molecular complexity index is 366. The molecule has 18 heavy (non-hydrogen) atoms. The molecule has 0 bridgehead atoms. The van der Waals surface area contributed by atoms with Gasteiger partial charge in [0.05, 0.1) is 0 Å². The summed E-state index contributed by atoms with van der Waals surface area (Å²) in [6.45, 7) is 12.7. The van der Waals surface area contributed by atoms with Gasteiger partial charge in [0.2, 0.25) is 0 Å². The average Bonchev–Trinajstić information content (AvgIpc) is 2.69. The van der Waals surface area contributed by atoms with E-state index < -0.39 is 5.60 Å². The number of ether oxygens (including phenoxy) is 1. The first-order valence-corrected chi connectivity index (χ1v) is 6.28. The van der Waals surface area contributed by atoms with Crippen LogP contribution in [0.4, 0.5) is 4.79 Å². The van der Waals surface area contributed by atoms with Crippen molar-refractivity contribution in [3.05, 3.63) is 23.8 Å². The zero-order valence-corrected chi connectivity index (χ0v) is 12.0. The third-order valence-electron chi connectivity index (χ3n) is 2.99. The lowest BCUT2D eigenvalue weighted by molar-refractivity contribution is 0.0299. The van der Waals surface area contributed by atoms with Gasteiger partial charge in [-0.15, -0.1) is 0 Å². The molecule has 102 valence electrons. The monoisotopic (exact) mass is 252 g/mol. The second-order valence-corrected chi connectivity index (χ2v) is 5.60. The lowest BCUT2D eigenvalue weighted by atomic mass is 10.1. The van der Waals surface area contributed by atoms with Crippen molar-refractivity contribution < 1.29 is 9.53 Å². The number of likely N-dealkylation sites (N-methyl/N-ethyl adjacent to an activating group) is 1. The largest absolute Gasteiger partial charge is 0.444 e. The molecule has 4 heteroatoms. The molecule has 1 aliphatic heterocycles. The summed E-state index contributed by atoms with van der Waals surface area (Å²) in [5, 5.41) is 3.19. The highest BCUT2D eigenvalue weighted by atomic mass is 16.6. The molecule has 0 aromatic rings. The molecule has 0 radical (unpaired) electrons. The Hall–Kier alpha value is -1.29. The molecule has 0 saturated heterocycles. The number of nitrogens with one attached hydrogen (secondary N) is 1. The van der Waals surface area contributed by atoms with Crippen molar-refractivity contribution in [3.63, 3.8) is 0 Å². The zero-order chi connectivity index (χ0) is 13.9. The molecule has 1 amide bonds. The number of rotatable bonds is 3. The Morgan fingerprint density at radius 3 is 2.56 bits per heavy atom. The fourth-order valence-corrected chi connectivity index (χ4v) is 1.91. The molecule has 0 aromatic carbocycles. The highest BCUT2D eigenvalue weighted by Gasteiger charge is 2.29. The summed E-state index contributed by atoms with van der Waals surface area (Å²) in [4.78, 5) is 13.7. The van der Waals surface area contributed by atoms with Gasteiger partial charge in [-0.1, -0.05) is 12.7 Å². The van der Waals surface area contributed by atoms with E-state index in [4.69, 9.17) is 4.74 Å². The van der Waals surface area contributed by atoms with Crippen LogP contribution < -0.4 is 5.32 Å². The SMILES string of the molecule is C=CC1=C(C(C)NC)CN(C(=O)OC(C)(C)C)C1. The van der Waals surface area contributed by atoms with Crippen LogP contribution in [-0.2, 0) is 4.74 Å². The predicted molar refractivity (Wildman–Crippen MR) is 73.6 cm³/mol. The minimum atomic E-state index is -0.456. The Morgan fingerprint density at radius 2 is 2.11 bits per heavy atom. The van der Waals surface area contributed by atoms with E-state index in [-0.39, 0.29) is 12.1 Å². The first-order valence-electron chi connectivity index (χ1n) is 6.28. The lowest BCUT2D eigenvalue weighted by Crippen LogP contribution is -2.37. The third kappa shape index (κ3) is 3.60. The summed E-state index contributed by atoms with van der Waals surface area (Å²) in [6, 6.07) is 0.241. The van der Waals surface area contributed by atoms with E-state index in [2.05, 4.69) is 18.8 Å². The van der Waals surface area contributed by atoms with E-state index in [1.54, 1.807) is 4.90 Å². The molecule has 1 aliphatic rings. The molecule has 0 aromatic heterocycles. The first kappa shape index (κ1) is 14.8. The Morgan fingerprint density at radius 1 is 1.50 bits per heavy atom. The smallest absolute Gasteiger partial charge is 0.410 e.